The molecule has 0 rings (SSSR count). The second-order valence-corrected chi connectivity index (χ2v) is 2.53. The molecule has 0 radical (unpaired) electrons. The summed E-state index contributed by atoms with van der Waals surface area (Å²) < 4.78 is 15.4. The summed E-state index contributed by atoms with van der Waals surface area (Å²) in [6.07, 6.45) is 0.840. The number of hydrogen-bond acceptors (Lipinski definition) is 3. The van der Waals surface area contributed by atoms with E-state index in [0.717, 1.165) is 6.42 Å². The van der Waals surface area contributed by atoms with E-state index < -0.39 is 5.79 Å². The van der Waals surface area contributed by atoms with Gasteiger partial charge < -0.3 is 14.2 Å². The Kier molecular flexibility index (Phi) is 5.46. The van der Waals surface area contributed by atoms with Crippen molar-refractivity contribution in [2.75, 3.05) is 27.4 Å². The molecule has 0 aliphatic heterocycles. The molecule has 0 saturated carbocycles. The van der Waals surface area contributed by atoms with Crippen LogP contribution in [0, 0.1) is 0 Å². The summed E-state index contributed by atoms with van der Waals surface area (Å²) in [4.78, 5) is 0. The summed E-state index contributed by atoms with van der Waals surface area (Å²) in [6, 6.07) is 0. The molecule has 0 amide bonds. The standard InChI is InChI=1S/C8H18O3/c1-5-8(2,10-4)11-7-6-9-3/h5-7H2,1-4H3. The van der Waals surface area contributed by atoms with Gasteiger partial charge in [0.2, 0.25) is 0 Å². The Bertz CT molecular complexity index is 89.3. The predicted molar refractivity (Wildman–Crippen MR) is 43.5 cm³/mol. The van der Waals surface area contributed by atoms with Gasteiger partial charge in [-0.2, -0.15) is 0 Å². The fourth-order valence-corrected chi connectivity index (χ4v) is 0.646. The van der Waals surface area contributed by atoms with E-state index in [2.05, 4.69) is 0 Å². The Morgan fingerprint density at radius 2 is 1.82 bits per heavy atom. The molecular weight excluding hydrogens is 144 g/mol. The van der Waals surface area contributed by atoms with E-state index in [4.69, 9.17) is 14.2 Å². The minimum absolute atomic E-state index is 0.446. The first kappa shape index (κ1) is 10.9. The summed E-state index contributed by atoms with van der Waals surface area (Å²) in [5.74, 6) is -0.446. The third-order valence-electron chi connectivity index (χ3n) is 1.77. The van der Waals surface area contributed by atoms with E-state index in [1.54, 1.807) is 14.2 Å². The largest absolute Gasteiger partial charge is 0.382 e. The van der Waals surface area contributed by atoms with Gasteiger partial charge in [-0.3, -0.25) is 0 Å². The average molecular weight is 162 g/mol. The summed E-state index contributed by atoms with van der Waals surface area (Å²) in [5, 5.41) is 0. The van der Waals surface area contributed by atoms with Crippen molar-refractivity contribution >= 4 is 0 Å². The quantitative estimate of drug-likeness (QED) is 0.436. The average Bonchev–Trinajstić information content (AvgIpc) is 2.05. The smallest absolute Gasteiger partial charge is 0.164 e. The van der Waals surface area contributed by atoms with Crippen molar-refractivity contribution in [3.05, 3.63) is 0 Å². The first-order chi connectivity index (χ1) is 5.18. The molecule has 3 nitrogen and oxygen atoms in total. The second-order valence-electron chi connectivity index (χ2n) is 2.53. The van der Waals surface area contributed by atoms with E-state index >= 15 is 0 Å². The lowest BCUT2D eigenvalue weighted by Gasteiger charge is -2.26. The van der Waals surface area contributed by atoms with Crippen molar-refractivity contribution in [2.45, 2.75) is 26.1 Å². The van der Waals surface area contributed by atoms with Gasteiger partial charge in [-0.25, -0.2) is 0 Å². The SMILES string of the molecule is CCC(C)(OC)OCCOC. The lowest BCUT2D eigenvalue weighted by Crippen LogP contribution is -2.31. The van der Waals surface area contributed by atoms with Gasteiger partial charge in [-0.05, 0) is 13.3 Å². The molecule has 0 fully saturated rings. The van der Waals surface area contributed by atoms with Crippen LogP contribution in [0.2, 0.25) is 0 Å². The van der Waals surface area contributed by atoms with Crippen LogP contribution >= 0.6 is 0 Å². The highest BCUT2D eigenvalue weighted by Crippen LogP contribution is 2.14. The van der Waals surface area contributed by atoms with Crippen LogP contribution in [0.5, 0.6) is 0 Å². The molecule has 0 N–H and O–H groups in total. The highest BCUT2D eigenvalue weighted by atomic mass is 16.7. The molecule has 11 heavy (non-hydrogen) atoms. The van der Waals surface area contributed by atoms with Gasteiger partial charge in [-0.1, -0.05) is 6.92 Å². The van der Waals surface area contributed by atoms with Crippen LogP contribution in [0.3, 0.4) is 0 Å². The third-order valence-corrected chi connectivity index (χ3v) is 1.77. The number of hydrogen-bond donors (Lipinski definition) is 0. The second kappa shape index (κ2) is 5.52. The Balaban J connectivity index is 3.51. The Hall–Kier alpha value is -0.120. The molecule has 68 valence electrons. The van der Waals surface area contributed by atoms with Crippen molar-refractivity contribution in [2.24, 2.45) is 0 Å². The summed E-state index contributed by atoms with van der Waals surface area (Å²) in [7, 11) is 3.30. The van der Waals surface area contributed by atoms with Crippen LogP contribution in [-0.2, 0) is 14.2 Å². The van der Waals surface area contributed by atoms with E-state index in [0.29, 0.717) is 13.2 Å². The van der Waals surface area contributed by atoms with E-state index in [1.807, 2.05) is 13.8 Å². The molecule has 0 aliphatic carbocycles. The molecule has 3 heteroatoms. The summed E-state index contributed by atoms with van der Waals surface area (Å²) in [5.41, 5.74) is 0. The van der Waals surface area contributed by atoms with Gasteiger partial charge in [0.1, 0.15) is 0 Å². The summed E-state index contributed by atoms with van der Waals surface area (Å²) in [6.45, 7) is 5.13. The first-order valence-corrected chi connectivity index (χ1v) is 3.86. The zero-order valence-corrected chi connectivity index (χ0v) is 7.85. The predicted octanol–water partition coefficient (Wildman–Crippen LogP) is 1.42. The van der Waals surface area contributed by atoms with E-state index in [1.165, 1.54) is 0 Å². The molecule has 0 aromatic heterocycles. The maximum atomic E-state index is 5.42. The van der Waals surface area contributed by atoms with Crippen LogP contribution in [0.25, 0.3) is 0 Å². The molecular formula is C8H18O3. The van der Waals surface area contributed by atoms with Crippen LogP contribution in [0.1, 0.15) is 20.3 Å². The molecule has 0 saturated heterocycles. The van der Waals surface area contributed by atoms with Gasteiger partial charge in [0.15, 0.2) is 5.79 Å². The van der Waals surface area contributed by atoms with Crippen molar-refractivity contribution in [1.29, 1.82) is 0 Å². The number of methoxy groups -OCH3 is 2. The fraction of sp³-hybridized carbons (Fsp3) is 1.00. The van der Waals surface area contributed by atoms with E-state index in [-0.39, 0.29) is 0 Å². The first-order valence-electron chi connectivity index (χ1n) is 3.86. The van der Waals surface area contributed by atoms with Crippen LogP contribution in [0.15, 0.2) is 0 Å². The van der Waals surface area contributed by atoms with Crippen LogP contribution in [-0.4, -0.2) is 33.2 Å². The highest BCUT2D eigenvalue weighted by Gasteiger charge is 2.20. The molecule has 1 atom stereocenters. The van der Waals surface area contributed by atoms with Crippen LogP contribution in [0.4, 0.5) is 0 Å². The monoisotopic (exact) mass is 162 g/mol. The Morgan fingerprint density at radius 3 is 2.18 bits per heavy atom. The van der Waals surface area contributed by atoms with Crippen molar-refractivity contribution in [3.63, 3.8) is 0 Å². The Labute approximate surface area is 68.6 Å². The molecule has 0 spiro atoms. The lowest BCUT2D eigenvalue weighted by atomic mass is 10.2. The number of ether oxygens (including phenoxy) is 3. The molecule has 0 heterocycles. The molecule has 0 aliphatic rings. The molecule has 0 bridgehead atoms. The summed E-state index contributed by atoms with van der Waals surface area (Å²) >= 11 is 0. The van der Waals surface area contributed by atoms with Gasteiger partial charge >= 0.3 is 0 Å². The fourth-order valence-electron chi connectivity index (χ4n) is 0.646. The zero-order chi connectivity index (χ0) is 8.74. The Morgan fingerprint density at radius 1 is 1.18 bits per heavy atom. The molecule has 1 unspecified atom stereocenters. The van der Waals surface area contributed by atoms with Crippen molar-refractivity contribution in [1.82, 2.24) is 0 Å². The molecule has 0 aromatic carbocycles. The maximum absolute atomic E-state index is 5.42. The maximum Gasteiger partial charge on any atom is 0.164 e. The van der Waals surface area contributed by atoms with E-state index in [9.17, 15) is 0 Å². The van der Waals surface area contributed by atoms with Crippen molar-refractivity contribution in [3.8, 4) is 0 Å². The normalized spacial score (nSPS) is 16.4. The number of rotatable bonds is 6. The van der Waals surface area contributed by atoms with Gasteiger partial charge in [0, 0.05) is 14.2 Å². The minimum atomic E-state index is -0.446. The topological polar surface area (TPSA) is 27.7 Å². The van der Waals surface area contributed by atoms with Gasteiger partial charge in [0.25, 0.3) is 0 Å². The minimum Gasteiger partial charge on any atom is -0.382 e. The lowest BCUT2D eigenvalue weighted by molar-refractivity contribution is -0.215. The molecule has 0 aromatic rings. The zero-order valence-electron chi connectivity index (χ0n) is 7.85. The highest BCUT2D eigenvalue weighted by molar-refractivity contribution is 4.57. The third kappa shape index (κ3) is 4.35. The van der Waals surface area contributed by atoms with Gasteiger partial charge in [0.05, 0.1) is 13.2 Å². The van der Waals surface area contributed by atoms with Crippen molar-refractivity contribution < 1.29 is 14.2 Å². The van der Waals surface area contributed by atoms with Crippen LogP contribution < -0.4 is 0 Å². The van der Waals surface area contributed by atoms with Gasteiger partial charge in [-0.15, -0.1) is 0 Å².